The Morgan fingerprint density at radius 3 is 2.53 bits per heavy atom. The van der Waals surface area contributed by atoms with E-state index < -0.39 is 0 Å². The highest BCUT2D eigenvalue weighted by atomic mass is 16.5. The molecule has 1 aliphatic carbocycles. The number of hydrogen-bond donors (Lipinski definition) is 0. The maximum absolute atomic E-state index is 12.2. The van der Waals surface area contributed by atoms with Crippen molar-refractivity contribution in [1.82, 2.24) is 0 Å². The van der Waals surface area contributed by atoms with Crippen LogP contribution in [0.25, 0.3) is 0 Å². The third-order valence-electron chi connectivity index (χ3n) is 3.48. The number of carbonyl (C=O) groups excluding carboxylic acids is 1. The van der Waals surface area contributed by atoms with Crippen molar-refractivity contribution in [2.24, 2.45) is 5.92 Å². The second-order valence-electron chi connectivity index (χ2n) is 6.45. The maximum atomic E-state index is 12.2. The number of hydrogen-bond acceptors (Lipinski definition) is 2. The number of carbonyl (C=O) groups is 1. The molecule has 0 amide bonds. The molecule has 0 spiro atoms. The van der Waals surface area contributed by atoms with Crippen LogP contribution in [0.5, 0.6) is 5.75 Å². The Balaban J connectivity index is 2.32. The number of ether oxygens (including phenoxy) is 1. The lowest BCUT2D eigenvalue weighted by atomic mass is 9.84. The van der Waals surface area contributed by atoms with Crippen LogP contribution >= 0.6 is 0 Å². The number of rotatable bonds is 5. The van der Waals surface area contributed by atoms with Gasteiger partial charge in [0, 0.05) is 17.0 Å². The zero-order valence-electron chi connectivity index (χ0n) is 12.5. The van der Waals surface area contributed by atoms with Crippen molar-refractivity contribution in [1.29, 1.82) is 0 Å². The lowest BCUT2D eigenvalue weighted by Crippen LogP contribution is -2.15. The molecule has 19 heavy (non-hydrogen) atoms. The Morgan fingerprint density at radius 1 is 1.32 bits per heavy atom. The van der Waals surface area contributed by atoms with E-state index >= 15 is 0 Å². The molecule has 0 aromatic heterocycles. The average molecular weight is 260 g/mol. The third kappa shape index (κ3) is 3.37. The molecule has 1 aromatic carbocycles. The first-order valence-corrected chi connectivity index (χ1v) is 7.25. The molecule has 0 N–H and O–H groups in total. The van der Waals surface area contributed by atoms with Crippen LogP contribution in [0.4, 0.5) is 0 Å². The number of ketones is 1. The highest BCUT2D eigenvalue weighted by molar-refractivity contribution is 5.99. The molecule has 2 rings (SSSR count). The highest BCUT2D eigenvalue weighted by Gasteiger charge is 2.31. The molecule has 2 heteroatoms. The van der Waals surface area contributed by atoms with E-state index in [2.05, 4.69) is 27.7 Å². The smallest absolute Gasteiger partial charge is 0.165 e. The molecular formula is C17H24O2. The normalized spacial score (nSPS) is 15.4. The minimum absolute atomic E-state index is 0.0110. The molecule has 1 saturated carbocycles. The minimum Gasteiger partial charge on any atom is -0.493 e. The van der Waals surface area contributed by atoms with Crippen LogP contribution in [0.2, 0.25) is 0 Å². The van der Waals surface area contributed by atoms with E-state index in [9.17, 15) is 4.79 Å². The van der Waals surface area contributed by atoms with Crippen LogP contribution in [0.1, 0.15) is 62.9 Å². The molecule has 2 nitrogen and oxygen atoms in total. The minimum atomic E-state index is -0.0110. The van der Waals surface area contributed by atoms with Crippen LogP contribution in [0.15, 0.2) is 18.2 Å². The van der Waals surface area contributed by atoms with E-state index in [0.29, 0.717) is 5.78 Å². The molecular weight excluding hydrogens is 236 g/mol. The molecule has 0 aliphatic heterocycles. The second kappa shape index (κ2) is 5.36. The standard InChI is InChI=1S/C17H24O2/c1-5-10-19-15-9-8-13(16(18)12-6-7-12)11-14(15)17(2,3)4/h8-9,11-12H,5-7,10H2,1-4H3. The summed E-state index contributed by atoms with van der Waals surface area (Å²) in [6, 6.07) is 5.92. The van der Waals surface area contributed by atoms with Gasteiger partial charge in [0.25, 0.3) is 0 Å². The Morgan fingerprint density at radius 2 is 2.00 bits per heavy atom. The van der Waals surface area contributed by atoms with Crippen molar-refractivity contribution in [2.75, 3.05) is 6.61 Å². The summed E-state index contributed by atoms with van der Waals surface area (Å²) in [5, 5.41) is 0. The van der Waals surface area contributed by atoms with Crippen LogP contribution < -0.4 is 4.74 Å². The Labute approximate surface area is 116 Å². The molecule has 1 fully saturated rings. The molecule has 104 valence electrons. The van der Waals surface area contributed by atoms with Crippen molar-refractivity contribution in [2.45, 2.75) is 52.4 Å². The van der Waals surface area contributed by atoms with Gasteiger partial charge in [0.2, 0.25) is 0 Å². The fourth-order valence-electron chi connectivity index (χ4n) is 2.19. The summed E-state index contributed by atoms with van der Waals surface area (Å²) in [6.45, 7) is 9.30. The van der Waals surface area contributed by atoms with Crippen molar-refractivity contribution in [3.8, 4) is 5.75 Å². The maximum Gasteiger partial charge on any atom is 0.165 e. The van der Waals surface area contributed by atoms with E-state index in [1.807, 2.05) is 18.2 Å². The molecule has 1 aliphatic rings. The van der Waals surface area contributed by atoms with Crippen LogP contribution in [0, 0.1) is 5.92 Å². The largest absolute Gasteiger partial charge is 0.493 e. The first kappa shape index (κ1) is 14.1. The van der Waals surface area contributed by atoms with Gasteiger partial charge in [-0.25, -0.2) is 0 Å². The molecule has 0 atom stereocenters. The lowest BCUT2D eigenvalue weighted by molar-refractivity contribution is 0.0967. The summed E-state index contributed by atoms with van der Waals surface area (Å²) < 4.78 is 5.81. The quantitative estimate of drug-likeness (QED) is 0.735. The fourth-order valence-corrected chi connectivity index (χ4v) is 2.19. The summed E-state index contributed by atoms with van der Waals surface area (Å²) in [5.74, 6) is 1.49. The Kier molecular flexibility index (Phi) is 3.98. The third-order valence-corrected chi connectivity index (χ3v) is 3.48. The monoisotopic (exact) mass is 260 g/mol. The van der Waals surface area contributed by atoms with E-state index in [0.717, 1.165) is 42.7 Å². The molecule has 0 unspecified atom stereocenters. The molecule has 1 aromatic rings. The highest BCUT2D eigenvalue weighted by Crippen LogP contribution is 2.36. The average Bonchev–Trinajstić information content (AvgIpc) is 3.18. The Bertz CT molecular complexity index is 465. The van der Waals surface area contributed by atoms with Crippen LogP contribution in [0.3, 0.4) is 0 Å². The van der Waals surface area contributed by atoms with Gasteiger partial charge in [-0.1, -0.05) is 27.7 Å². The molecule has 0 radical (unpaired) electrons. The van der Waals surface area contributed by atoms with Crippen LogP contribution in [-0.4, -0.2) is 12.4 Å². The van der Waals surface area contributed by atoms with Gasteiger partial charge in [-0.3, -0.25) is 4.79 Å². The SMILES string of the molecule is CCCOc1ccc(C(=O)C2CC2)cc1C(C)(C)C. The van der Waals surface area contributed by atoms with Crippen molar-refractivity contribution in [3.05, 3.63) is 29.3 Å². The summed E-state index contributed by atoms with van der Waals surface area (Å²) in [6.07, 6.45) is 3.10. The van der Waals surface area contributed by atoms with E-state index in [-0.39, 0.29) is 11.3 Å². The van der Waals surface area contributed by atoms with Gasteiger partial charge in [-0.15, -0.1) is 0 Å². The molecule has 0 saturated heterocycles. The summed E-state index contributed by atoms with van der Waals surface area (Å²) in [4.78, 5) is 12.2. The van der Waals surface area contributed by atoms with Crippen molar-refractivity contribution in [3.63, 3.8) is 0 Å². The van der Waals surface area contributed by atoms with E-state index in [4.69, 9.17) is 4.74 Å². The first-order chi connectivity index (χ1) is 8.93. The zero-order chi connectivity index (χ0) is 14.0. The van der Waals surface area contributed by atoms with Gasteiger partial charge in [-0.05, 0) is 42.9 Å². The fraction of sp³-hybridized carbons (Fsp3) is 0.588. The summed E-state index contributed by atoms with van der Waals surface area (Å²) in [7, 11) is 0. The second-order valence-corrected chi connectivity index (χ2v) is 6.45. The molecule has 0 bridgehead atoms. The van der Waals surface area contributed by atoms with Gasteiger partial charge in [-0.2, -0.15) is 0 Å². The first-order valence-electron chi connectivity index (χ1n) is 7.25. The van der Waals surface area contributed by atoms with E-state index in [1.165, 1.54) is 0 Å². The van der Waals surface area contributed by atoms with Gasteiger partial charge < -0.3 is 4.74 Å². The van der Waals surface area contributed by atoms with Crippen molar-refractivity contribution < 1.29 is 9.53 Å². The number of Topliss-reactive ketones (excluding diaryl/α,β-unsaturated/α-hetero) is 1. The van der Waals surface area contributed by atoms with Gasteiger partial charge in [0.15, 0.2) is 5.78 Å². The predicted molar refractivity (Wildman–Crippen MR) is 78.0 cm³/mol. The summed E-state index contributed by atoms with van der Waals surface area (Å²) in [5.41, 5.74) is 1.96. The van der Waals surface area contributed by atoms with Gasteiger partial charge in [0.05, 0.1) is 6.61 Å². The van der Waals surface area contributed by atoms with Gasteiger partial charge >= 0.3 is 0 Å². The van der Waals surface area contributed by atoms with E-state index in [1.54, 1.807) is 0 Å². The van der Waals surface area contributed by atoms with Crippen LogP contribution in [-0.2, 0) is 5.41 Å². The predicted octanol–water partition coefficient (Wildman–Crippen LogP) is 4.37. The zero-order valence-corrected chi connectivity index (χ0v) is 12.5. The Hall–Kier alpha value is -1.31. The molecule has 0 heterocycles. The van der Waals surface area contributed by atoms with Gasteiger partial charge in [0.1, 0.15) is 5.75 Å². The number of benzene rings is 1. The topological polar surface area (TPSA) is 26.3 Å². The lowest BCUT2D eigenvalue weighted by Gasteiger charge is -2.23. The van der Waals surface area contributed by atoms with Crippen molar-refractivity contribution >= 4 is 5.78 Å². The summed E-state index contributed by atoms with van der Waals surface area (Å²) >= 11 is 0.